The van der Waals surface area contributed by atoms with Crippen molar-refractivity contribution in [3.8, 4) is 11.4 Å². The van der Waals surface area contributed by atoms with Crippen molar-refractivity contribution in [3.63, 3.8) is 0 Å². The van der Waals surface area contributed by atoms with Gasteiger partial charge in [0, 0.05) is 24.2 Å². The first-order valence-electron chi connectivity index (χ1n) is 5.63. The van der Waals surface area contributed by atoms with E-state index in [0.717, 1.165) is 6.26 Å². The predicted molar refractivity (Wildman–Crippen MR) is 68.8 cm³/mol. The molecule has 0 bridgehead atoms. The summed E-state index contributed by atoms with van der Waals surface area (Å²) in [6, 6.07) is 2.96. The van der Waals surface area contributed by atoms with Crippen molar-refractivity contribution in [2.24, 2.45) is 5.73 Å². The van der Waals surface area contributed by atoms with Crippen LogP contribution in [-0.4, -0.2) is 35.6 Å². The zero-order valence-electron chi connectivity index (χ0n) is 10.4. The van der Waals surface area contributed by atoms with Gasteiger partial charge in [-0.15, -0.1) is 0 Å². The average molecular weight is 282 g/mol. The Labute approximate surface area is 110 Å². The molecule has 0 aromatic carbocycles. The highest BCUT2D eigenvalue weighted by Gasteiger charge is 2.17. The van der Waals surface area contributed by atoms with Gasteiger partial charge in [0.15, 0.2) is 0 Å². The van der Waals surface area contributed by atoms with Gasteiger partial charge in [-0.05, 0) is 18.6 Å². The van der Waals surface area contributed by atoms with Crippen molar-refractivity contribution < 1.29 is 12.9 Å². The fourth-order valence-corrected chi connectivity index (χ4v) is 2.14. The Morgan fingerprint density at radius 3 is 2.89 bits per heavy atom. The van der Waals surface area contributed by atoms with Gasteiger partial charge in [0.1, 0.15) is 9.84 Å². The summed E-state index contributed by atoms with van der Waals surface area (Å²) >= 11 is 0. The zero-order chi connectivity index (χ0) is 13.9. The van der Waals surface area contributed by atoms with E-state index in [4.69, 9.17) is 10.3 Å². The van der Waals surface area contributed by atoms with Crippen LogP contribution in [0.1, 0.15) is 18.4 Å². The summed E-state index contributed by atoms with van der Waals surface area (Å²) in [5.41, 5.74) is 6.53. The number of pyridine rings is 1. The van der Waals surface area contributed by atoms with Gasteiger partial charge in [-0.2, -0.15) is 4.98 Å². The highest BCUT2D eigenvalue weighted by Crippen LogP contribution is 2.18. The van der Waals surface area contributed by atoms with Crippen molar-refractivity contribution in [1.82, 2.24) is 15.1 Å². The normalized spacial score (nSPS) is 13.4. The first kappa shape index (κ1) is 13.6. The molecule has 2 aromatic rings. The number of sulfone groups is 1. The Morgan fingerprint density at radius 1 is 1.47 bits per heavy atom. The van der Waals surface area contributed by atoms with E-state index in [0.29, 0.717) is 11.4 Å². The zero-order valence-corrected chi connectivity index (χ0v) is 11.2. The lowest BCUT2D eigenvalue weighted by Gasteiger charge is -2.04. The van der Waals surface area contributed by atoms with Crippen LogP contribution in [0.5, 0.6) is 0 Å². The lowest BCUT2D eigenvalue weighted by atomic mass is 10.2. The van der Waals surface area contributed by atoms with Gasteiger partial charge in [0.05, 0.1) is 11.8 Å². The molecule has 0 saturated carbocycles. The highest BCUT2D eigenvalue weighted by atomic mass is 32.2. The standard InChI is InChI=1S/C11H14N4O3S/c1-19(16,17)6-4-9(12)11-14-10(15-18-11)8-3-2-5-13-7-8/h2-3,5,7,9H,4,6,12H2,1H3. The predicted octanol–water partition coefficient (Wildman–Crippen LogP) is 0.566. The lowest BCUT2D eigenvalue weighted by Crippen LogP contribution is -2.16. The molecule has 19 heavy (non-hydrogen) atoms. The summed E-state index contributed by atoms with van der Waals surface area (Å²) in [5, 5.41) is 3.80. The summed E-state index contributed by atoms with van der Waals surface area (Å²) in [5.74, 6) is 0.596. The number of nitrogens with zero attached hydrogens (tertiary/aromatic N) is 3. The number of hydrogen-bond donors (Lipinski definition) is 1. The van der Waals surface area contributed by atoms with Crippen LogP contribution < -0.4 is 5.73 Å². The molecule has 0 aliphatic carbocycles. The molecule has 0 saturated heterocycles. The third-order valence-electron chi connectivity index (χ3n) is 2.48. The topological polar surface area (TPSA) is 112 Å². The van der Waals surface area contributed by atoms with Gasteiger partial charge in [0.2, 0.25) is 11.7 Å². The Hall–Kier alpha value is -1.80. The van der Waals surface area contributed by atoms with Crippen LogP contribution in [0.2, 0.25) is 0 Å². The summed E-state index contributed by atoms with van der Waals surface area (Å²) in [6.07, 6.45) is 4.65. The maximum Gasteiger partial charge on any atom is 0.243 e. The van der Waals surface area contributed by atoms with E-state index in [2.05, 4.69) is 15.1 Å². The van der Waals surface area contributed by atoms with Gasteiger partial charge >= 0.3 is 0 Å². The molecule has 0 aliphatic rings. The summed E-state index contributed by atoms with van der Waals surface area (Å²) in [4.78, 5) is 8.10. The maximum absolute atomic E-state index is 11.1. The number of nitrogens with two attached hydrogens (primary N) is 1. The van der Waals surface area contributed by atoms with E-state index < -0.39 is 15.9 Å². The smallest absolute Gasteiger partial charge is 0.243 e. The van der Waals surface area contributed by atoms with Crippen LogP contribution in [0.15, 0.2) is 29.0 Å². The molecule has 0 fully saturated rings. The molecule has 2 heterocycles. The SMILES string of the molecule is CS(=O)(=O)CCC(N)c1nc(-c2cccnc2)no1. The van der Waals surface area contributed by atoms with Gasteiger partial charge in [0.25, 0.3) is 0 Å². The fraction of sp³-hybridized carbons (Fsp3) is 0.364. The first-order valence-corrected chi connectivity index (χ1v) is 7.69. The Balaban J connectivity index is 2.09. The van der Waals surface area contributed by atoms with E-state index in [1.807, 2.05) is 0 Å². The van der Waals surface area contributed by atoms with Gasteiger partial charge in [-0.1, -0.05) is 5.16 Å². The van der Waals surface area contributed by atoms with Crippen LogP contribution in [-0.2, 0) is 9.84 Å². The second kappa shape index (κ2) is 5.45. The Kier molecular flexibility index (Phi) is 3.91. The van der Waals surface area contributed by atoms with Gasteiger partial charge in [-0.25, -0.2) is 8.42 Å². The van der Waals surface area contributed by atoms with Crippen LogP contribution >= 0.6 is 0 Å². The van der Waals surface area contributed by atoms with E-state index in [9.17, 15) is 8.42 Å². The van der Waals surface area contributed by atoms with E-state index in [1.54, 1.807) is 24.5 Å². The van der Waals surface area contributed by atoms with Gasteiger partial charge < -0.3 is 10.3 Å². The number of aromatic nitrogens is 3. The molecule has 2 aromatic heterocycles. The molecular formula is C11H14N4O3S. The summed E-state index contributed by atoms with van der Waals surface area (Å²) < 4.78 is 27.2. The quantitative estimate of drug-likeness (QED) is 0.852. The van der Waals surface area contributed by atoms with Crippen LogP contribution in [0, 0.1) is 0 Å². The highest BCUT2D eigenvalue weighted by molar-refractivity contribution is 7.90. The van der Waals surface area contributed by atoms with Crippen LogP contribution in [0.4, 0.5) is 0 Å². The average Bonchev–Trinajstić information content (AvgIpc) is 2.86. The first-order chi connectivity index (χ1) is 8.96. The van der Waals surface area contributed by atoms with E-state index in [-0.39, 0.29) is 18.1 Å². The van der Waals surface area contributed by atoms with Crippen molar-refractivity contribution in [3.05, 3.63) is 30.4 Å². The largest absolute Gasteiger partial charge is 0.337 e. The van der Waals surface area contributed by atoms with Crippen LogP contribution in [0.25, 0.3) is 11.4 Å². The third-order valence-corrected chi connectivity index (χ3v) is 3.46. The molecule has 2 rings (SSSR count). The second-order valence-electron chi connectivity index (χ2n) is 4.22. The molecule has 0 amide bonds. The number of rotatable bonds is 5. The van der Waals surface area contributed by atoms with E-state index in [1.165, 1.54) is 0 Å². The minimum absolute atomic E-state index is 0.0151. The molecule has 2 N–H and O–H groups in total. The van der Waals surface area contributed by atoms with Crippen molar-refractivity contribution >= 4 is 9.84 Å². The minimum atomic E-state index is -3.05. The Bertz CT molecular complexity index is 639. The maximum atomic E-state index is 11.1. The molecule has 8 heteroatoms. The Morgan fingerprint density at radius 2 is 2.26 bits per heavy atom. The molecular weight excluding hydrogens is 268 g/mol. The molecule has 1 atom stereocenters. The fourth-order valence-electron chi connectivity index (χ4n) is 1.46. The summed E-state index contributed by atoms with van der Waals surface area (Å²) in [7, 11) is -3.05. The molecule has 0 aliphatic heterocycles. The molecule has 102 valence electrons. The minimum Gasteiger partial charge on any atom is -0.337 e. The molecule has 0 radical (unpaired) electrons. The van der Waals surface area contributed by atoms with Gasteiger partial charge in [-0.3, -0.25) is 4.98 Å². The molecule has 1 unspecified atom stereocenters. The van der Waals surface area contributed by atoms with E-state index >= 15 is 0 Å². The second-order valence-corrected chi connectivity index (χ2v) is 6.48. The molecule has 7 nitrogen and oxygen atoms in total. The number of hydrogen-bond acceptors (Lipinski definition) is 7. The monoisotopic (exact) mass is 282 g/mol. The molecule has 0 spiro atoms. The summed E-state index contributed by atoms with van der Waals surface area (Å²) in [6.45, 7) is 0. The lowest BCUT2D eigenvalue weighted by molar-refractivity contribution is 0.352. The van der Waals surface area contributed by atoms with Crippen molar-refractivity contribution in [1.29, 1.82) is 0 Å². The van der Waals surface area contributed by atoms with Crippen molar-refractivity contribution in [2.45, 2.75) is 12.5 Å². The van der Waals surface area contributed by atoms with Crippen LogP contribution in [0.3, 0.4) is 0 Å². The third kappa shape index (κ3) is 3.83. The van der Waals surface area contributed by atoms with Crippen molar-refractivity contribution in [2.75, 3.05) is 12.0 Å².